The summed E-state index contributed by atoms with van der Waals surface area (Å²) >= 11 is 6.11. The first-order valence-electron chi connectivity index (χ1n) is 8.50. The standard InChI is InChI=1S/C19H13ClF3N3O4/c1-2-30-18(27)13-9-24-16-7-10(19(21,22)23)3-5-12(16)17(13)25-15-6-4-11(26(28)29)8-14(15)20/h3-9H,2H2,1H3,(H,24,25). The topological polar surface area (TPSA) is 94.4 Å². The number of alkyl halides is 3. The Morgan fingerprint density at radius 3 is 2.60 bits per heavy atom. The molecule has 0 bridgehead atoms. The number of nitro groups is 1. The lowest BCUT2D eigenvalue weighted by Crippen LogP contribution is -2.10. The summed E-state index contributed by atoms with van der Waals surface area (Å²) in [5, 5.41) is 14.0. The van der Waals surface area contributed by atoms with E-state index in [1.54, 1.807) is 6.92 Å². The lowest BCUT2D eigenvalue weighted by Gasteiger charge is -2.16. The van der Waals surface area contributed by atoms with Crippen LogP contribution in [-0.4, -0.2) is 22.5 Å². The average molecular weight is 440 g/mol. The van der Waals surface area contributed by atoms with Crippen molar-refractivity contribution in [3.05, 3.63) is 68.9 Å². The molecule has 0 aliphatic carbocycles. The number of hydrogen-bond acceptors (Lipinski definition) is 6. The molecule has 3 aromatic rings. The van der Waals surface area contributed by atoms with Gasteiger partial charge >= 0.3 is 12.1 Å². The number of nitrogens with one attached hydrogen (secondary N) is 1. The van der Waals surface area contributed by atoms with Crippen molar-refractivity contribution in [1.29, 1.82) is 0 Å². The predicted octanol–water partition coefficient (Wildman–Crippen LogP) is 5.74. The molecule has 3 rings (SSSR count). The fourth-order valence-corrected chi connectivity index (χ4v) is 2.94. The van der Waals surface area contributed by atoms with Crippen LogP contribution in [0.2, 0.25) is 5.02 Å². The summed E-state index contributed by atoms with van der Waals surface area (Å²) in [6, 6.07) is 6.53. The van der Waals surface area contributed by atoms with Gasteiger partial charge in [-0.05, 0) is 25.1 Å². The summed E-state index contributed by atoms with van der Waals surface area (Å²) in [5.74, 6) is -0.743. The van der Waals surface area contributed by atoms with Crippen LogP contribution in [0.5, 0.6) is 0 Å². The normalized spacial score (nSPS) is 11.4. The maximum absolute atomic E-state index is 13.0. The number of nitro benzene ring substituents is 1. The molecule has 0 fully saturated rings. The fraction of sp³-hybridized carbons (Fsp3) is 0.158. The molecule has 1 aromatic heterocycles. The van der Waals surface area contributed by atoms with Gasteiger partial charge in [-0.25, -0.2) is 4.79 Å². The average Bonchev–Trinajstić information content (AvgIpc) is 2.68. The second kappa shape index (κ2) is 8.15. The van der Waals surface area contributed by atoms with Crippen molar-refractivity contribution in [2.45, 2.75) is 13.1 Å². The van der Waals surface area contributed by atoms with Gasteiger partial charge in [-0.1, -0.05) is 17.7 Å². The summed E-state index contributed by atoms with van der Waals surface area (Å²) in [6.07, 6.45) is -3.47. The van der Waals surface area contributed by atoms with Crippen LogP contribution in [0.3, 0.4) is 0 Å². The van der Waals surface area contributed by atoms with Crippen molar-refractivity contribution in [2.24, 2.45) is 0 Å². The molecule has 0 amide bonds. The number of pyridine rings is 1. The molecule has 0 saturated heterocycles. The van der Waals surface area contributed by atoms with Crippen LogP contribution in [0.1, 0.15) is 22.8 Å². The smallest absolute Gasteiger partial charge is 0.416 e. The number of carbonyl (C=O) groups excluding carboxylic acids is 1. The number of esters is 1. The number of halogens is 4. The van der Waals surface area contributed by atoms with Gasteiger partial charge in [0.1, 0.15) is 5.56 Å². The Morgan fingerprint density at radius 2 is 2.00 bits per heavy atom. The van der Waals surface area contributed by atoms with Crippen molar-refractivity contribution in [2.75, 3.05) is 11.9 Å². The van der Waals surface area contributed by atoms with E-state index < -0.39 is 22.6 Å². The molecule has 0 aliphatic heterocycles. The van der Waals surface area contributed by atoms with Crippen molar-refractivity contribution in [1.82, 2.24) is 4.98 Å². The van der Waals surface area contributed by atoms with E-state index in [0.29, 0.717) is 0 Å². The molecule has 0 unspecified atom stereocenters. The number of benzene rings is 2. The van der Waals surface area contributed by atoms with Crippen LogP contribution in [0.4, 0.5) is 30.2 Å². The van der Waals surface area contributed by atoms with Crippen molar-refractivity contribution in [3.8, 4) is 0 Å². The second-order valence-corrected chi connectivity index (χ2v) is 6.45. The third-order valence-electron chi connectivity index (χ3n) is 4.11. The highest BCUT2D eigenvalue weighted by Crippen LogP contribution is 2.37. The predicted molar refractivity (Wildman–Crippen MR) is 104 cm³/mol. The Hall–Kier alpha value is -3.40. The molecule has 0 radical (unpaired) electrons. The first-order chi connectivity index (χ1) is 14.1. The molecule has 156 valence electrons. The van der Waals surface area contributed by atoms with Crippen LogP contribution >= 0.6 is 11.6 Å². The third kappa shape index (κ3) is 4.28. The number of fused-ring (bicyclic) bond motifs is 1. The van der Waals surface area contributed by atoms with Crippen molar-refractivity contribution >= 4 is 45.5 Å². The number of ether oxygens (including phenoxy) is 1. The Bertz CT molecular complexity index is 1150. The molecule has 11 heteroatoms. The monoisotopic (exact) mass is 439 g/mol. The molecular formula is C19H13ClF3N3O4. The molecule has 0 saturated carbocycles. The Kier molecular flexibility index (Phi) is 5.79. The number of anilines is 2. The molecule has 2 aromatic carbocycles. The van der Waals surface area contributed by atoms with Crippen LogP contribution in [-0.2, 0) is 10.9 Å². The summed E-state index contributed by atoms with van der Waals surface area (Å²) in [6.45, 7) is 1.67. The molecule has 0 spiro atoms. The first-order valence-corrected chi connectivity index (χ1v) is 8.87. The van der Waals surface area contributed by atoms with Gasteiger partial charge in [-0.3, -0.25) is 15.1 Å². The van der Waals surface area contributed by atoms with Gasteiger partial charge in [-0.15, -0.1) is 0 Å². The number of non-ortho nitro benzene ring substituents is 1. The Morgan fingerprint density at radius 1 is 1.27 bits per heavy atom. The number of carbonyl (C=O) groups is 1. The maximum Gasteiger partial charge on any atom is 0.416 e. The van der Waals surface area contributed by atoms with Gasteiger partial charge in [0.15, 0.2) is 0 Å². The van der Waals surface area contributed by atoms with Crippen molar-refractivity contribution < 1.29 is 27.6 Å². The molecule has 0 atom stereocenters. The number of hydrogen-bond donors (Lipinski definition) is 1. The van der Waals surface area contributed by atoms with E-state index in [1.807, 2.05) is 0 Å². The molecule has 30 heavy (non-hydrogen) atoms. The quantitative estimate of drug-likeness (QED) is 0.309. The van der Waals surface area contributed by atoms with Crippen LogP contribution < -0.4 is 5.32 Å². The Balaban J connectivity index is 2.17. The molecule has 0 aliphatic rings. The number of rotatable bonds is 5. The SMILES string of the molecule is CCOC(=O)c1cnc2cc(C(F)(F)F)ccc2c1Nc1ccc([N+](=O)[O-])cc1Cl. The minimum absolute atomic E-state index is 0.0154. The molecule has 7 nitrogen and oxygen atoms in total. The highest BCUT2D eigenvalue weighted by Gasteiger charge is 2.31. The summed E-state index contributed by atoms with van der Waals surface area (Å²) in [7, 11) is 0. The van der Waals surface area contributed by atoms with Gasteiger partial charge in [0.25, 0.3) is 5.69 Å². The zero-order chi connectivity index (χ0) is 22.1. The zero-order valence-corrected chi connectivity index (χ0v) is 16.0. The van der Waals surface area contributed by atoms with Crippen molar-refractivity contribution in [3.63, 3.8) is 0 Å². The first kappa shape index (κ1) is 21.3. The summed E-state index contributed by atoms with van der Waals surface area (Å²) in [4.78, 5) is 26.6. The van der Waals surface area contributed by atoms with E-state index in [1.165, 1.54) is 18.2 Å². The van der Waals surface area contributed by atoms with Crippen LogP contribution in [0.15, 0.2) is 42.6 Å². The largest absolute Gasteiger partial charge is 0.462 e. The molecule has 1 heterocycles. The van der Waals surface area contributed by atoms with E-state index >= 15 is 0 Å². The van der Waals surface area contributed by atoms with E-state index in [-0.39, 0.29) is 45.2 Å². The fourth-order valence-electron chi connectivity index (χ4n) is 2.72. The number of aromatic nitrogens is 1. The molecule has 1 N–H and O–H groups in total. The minimum atomic E-state index is -4.56. The third-order valence-corrected chi connectivity index (χ3v) is 4.43. The summed E-state index contributed by atoms with van der Waals surface area (Å²) in [5.41, 5.74) is -0.864. The zero-order valence-electron chi connectivity index (χ0n) is 15.3. The van der Waals surface area contributed by atoms with Gasteiger partial charge in [0.05, 0.1) is 39.0 Å². The van der Waals surface area contributed by atoms with Gasteiger partial charge in [0, 0.05) is 23.7 Å². The van der Waals surface area contributed by atoms with E-state index in [4.69, 9.17) is 16.3 Å². The van der Waals surface area contributed by atoms with Gasteiger partial charge < -0.3 is 10.1 Å². The van der Waals surface area contributed by atoms with E-state index in [9.17, 15) is 28.1 Å². The maximum atomic E-state index is 13.0. The highest BCUT2D eigenvalue weighted by molar-refractivity contribution is 6.33. The lowest BCUT2D eigenvalue weighted by molar-refractivity contribution is -0.384. The molecular weight excluding hydrogens is 427 g/mol. The summed E-state index contributed by atoms with van der Waals surface area (Å²) < 4.78 is 44.1. The Labute approximate surface area is 172 Å². The van der Waals surface area contributed by atoms with Gasteiger partial charge in [-0.2, -0.15) is 13.2 Å². The second-order valence-electron chi connectivity index (χ2n) is 6.04. The number of nitrogens with zero attached hydrogens (tertiary/aromatic N) is 2. The van der Waals surface area contributed by atoms with Crippen LogP contribution in [0.25, 0.3) is 10.9 Å². The minimum Gasteiger partial charge on any atom is -0.462 e. The van der Waals surface area contributed by atoms with E-state index in [0.717, 1.165) is 24.4 Å². The van der Waals surface area contributed by atoms with E-state index in [2.05, 4.69) is 10.3 Å². The van der Waals surface area contributed by atoms with Gasteiger partial charge in [0.2, 0.25) is 0 Å². The lowest BCUT2D eigenvalue weighted by atomic mass is 10.1. The van der Waals surface area contributed by atoms with Crippen LogP contribution in [0, 0.1) is 10.1 Å². The highest BCUT2D eigenvalue weighted by atomic mass is 35.5.